The van der Waals surface area contributed by atoms with Crippen molar-refractivity contribution in [2.24, 2.45) is 16.0 Å². The molecule has 0 unspecified atom stereocenters. The molecule has 11 heteroatoms. The van der Waals surface area contributed by atoms with Crippen LogP contribution in [0.15, 0.2) is 27.7 Å². The first-order valence-corrected chi connectivity index (χ1v) is 9.28. The first-order chi connectivity index (χ1) is 11.2. The zero-order valence-corrected chi connectivity index (χ0v) is 14.8. The average Bonchev–Trinajstić information content (AvgIpc) is 2.54. The van der Waals surface area contributed by atoms with Crippen LogP contribution in [-0.4, -0.2) is 42.6 Å². The molecule has 0 amide bonds. The lowest BCUT2D eigenvalue weighted by Crippen LogP contribution is -2.45. The topological polar surface area (TPSA) is 125 Å². The summed E-state index contributed by atoms with van der Waals surface area (Å²) >= 11 is 3.01. The second-order valence-corrected chi connectivity index (χ2v) is 7.65. The maximum Gasteiger partial charge on any atom is 0.276 e. The summed E-state index contributed by atoms with van der Waals surface area (Å²) in [5, 5.41) is 14.2. The van der Waals surface area contributed by atoms with Gasteiger partial charge in [0.05, 0.1) is 10.2 Å². The van der Waals surface area contributed by atoms with Gasteiger partial charge in [-0.2, -0.15) is 12.7 Å². The summed E-state index contributed by atoms with van der Waals surface area (Å²) in [4.78, 5) is 16.4. The molecule has 0 aliphatic carbocycles. The zero-order valence-electron chi connectivity index (χ0n) is 12.4. The number of benzene rings is 1. The molecule has 8 nitrogen and oxygen atoms in total. The second-order valence-electron chi connectivity index (χ2n) is 5.25. The standard InChI is InChI=1S/C13H16BrFN4O4S/c14-10-7-9(1-2-11(10)15)17-13(18-21)12(20)8-3-5-19(6-4-8)24(16,22)23/h1-2,7-8,21H,3-6H2,(H,17,18)(H2,16,22,23). The summed E-state index contributed by atoms with van der Waals surface area (Å²) in [7, 11) is -3.77. The van der Waals surface area contributed by atoms with Crippen LogP contribution in [0.2, 0.25) is 0 Å². The molecule has 0 bridgehead atoms. The quantitative estimate of drug-likeness (QED) is 0.380. The van der Waals surface area contributed by atoms with Crippen LogP contribution in [0.1, 0.15) is 12.8 Å². The molecule has 1 fully saturated rings. The number of nitrogens with zero attached hydrogens (tertiary/aromatic N) is 2. The third-order valence-electron chi connectivity index (χ3n) is 3.67. The van der Waals surface area contributed by atoms with Gasteiger partial charge in [0, 0.05) is 19.0 Å². The normalized spacial score (nSPS) is 17.8. The van der Waals surface area contributed by atoms with Crippen LogP contribution in [0.4, 0.5) is 10.1 Å². The third kappa shape index (κ3) is 4.57. The molecule has 2 rings (SSSR count). The van der Waals surface area contributed by atoms with Crippen molar-refractivity contribution in [2.45, 2.75) is 12.8 Å². The first-order valence-electron chi connectivity index (χ1n) is 6.98. The van der Waals surface area contributed by atoms with E-state index in [0.717, 1.165) is 4.31 Å². The molecule has 0 spiro atoms. The lowest BCUT2D eigenvalue weighted by Gasteiger charge is -2.28. The summed E-state index contributed by atoms with van der Waals surface area (Å²) in [5.41, 5.74) is 2.03. The number of halogens is 2. The van der Waals surface area contributed by atoms with Gasteiger partial charge in [-0.15, -0.1) is 0 Å². The smallest absolute Gasteiger partial charge is 0.276 e. The fraction of sp³-hybridized carbons (Fsp3) is 0.385. The van der Waals surface area contributed by atoms with Gasteiger partial charge in [0.1, 0.15) is 5.82 Å². The number of piperidine rings is 1. The molecule has 1 aromatic rings. The van der Waals surface area contributed by atoms with Gasteiger partial charge in [-0.25, -0.2) is 20.0 Å². The zero-order chi connectivity index (χ0) is 17.9. The predicted molar refractivity (Wildman–Crippen MR) is 88.5 cm³/mol. The molecule has 1 aliphatic rings. The van der Waals surface area contributed by atoms with Crippen molar-refractivity contribution >= 4 is 43.4 Å². The Labute approximate surface area is 146 Å². The number of rotatable bonds is 4. The van der Waals surface area contributed by atoms with E-state index >= 15 is 0 Å². The molecule has 132 valence electrons. The molecule has 0 radical (unpaired) electrons. The fourth-order valence-corrected chi connectivity index (χ4v) is 3.47. The highest BCUT2D eigenvalue weighted by Crippen LogP contribution is 2.24. The maximum atomic E-state index is 13.2. The van der Waals surface area contributed by atoms with Crippen LogP contribution >= 0.6 is 15.9 Å². The largest absolute Gasteiger partial charge is 0.290 e. The molecule has 0 saturated carbocycles. The van der Waals surface area contributed by atoms with Crippen LogP contribution in [0.5, 0.6) is 0 Å². The summed E-state index contributed by atoms with van der Waals surface area (Å²) in [6, 6.07) is 3.89. The van der Waals surface area contributed by atoms with Crippen molar-refractivity contribution in [3.63, 3.8) is 0 Å². The van der Waals surface area contributed by atoms with Crippen LogP contribution in [0.3, 0.4) is 0 Å². The third-order valence-corrected chi connectivity index (χ3v) is 5.36. The van der Waals surface area contributed by atoms with E-state index in [1.807, 2.05) is 0 Å². The van der Waals surface area contributed by atoms with E-state index in [0.29, 0.717) is 0 Å². The van der Waals surface area contributed by atoms with Gasteiger partial charge in [0.15, 0.2) is 5.84 Å². The highest BCUT2D eigenvalue weighted by molar-refractivity contribution is 9.10. The number of nitrogens with one attached hydrogen (secondary N) is 1. The number of amidine groups is 1. The molecular formula is C13H16BrFN4O4S. The average molecular weight is 423 g/mol. The number of nitrogens with two attached hydrogens (primary N) is 1. The number of ketones is 1. The van der Waals surface area contributed by atoms with Crippen molar-refractivity contribution in [1.82, 2.24) is 9.79 Å². The van der Waals surface area contributed by atoms with Crippen molar-refractivity contribution in [3.05, 3.63) is 28.5 Å². The lowest BCUT2D eigenvalue weighted by atomic mass is 9.93. The Morgan fingerprint density at radius 1 is 1.42 bits per heavy atom. The van der Waals surface area contributed by atoms with Gasteiger partial charge >= 0.3 is 0 Å². The maximum absolute atomic E-state index is 13.2. The van der Waals surface area contributed by atoms with Crippen molar-refractivity contribution < 1.29 is 22.8 Å². The minimum absolute atomic E-state index is 0.121. The van der Waals surface area contributed by atoms with Crippen LogP contribution in [0, 0.1) is 11.7 Å². The van der Waals surface area contributed by atoms with E-state index in [1.165, 1.54) is 18.2 Å². The minimum atomic E-state index is -3.77. The Kier molecular flexibility index (Phi) is 6.04. The number of hydroxylamine groups is 1. The van der Waals surface area contributed by atoms with Crippen molar-refractivity contribution in [3.8, 4) is 0 Å². The summed E-state index contributed by atoms with van der Waals surface area (Å²) in [6.45, 7) is 0.242. The van der Waals surface area contributed by atoms with Gasteiger partial charge in [-0.3, -0.25) is 10.0 Å². The second kappa shape index (κ2) is 7.66. The Hall–Kier alpha value is -1.40. The minimum Gasteiger partial charge on any atom is -0.290 e. The molecule has 24 heavy (non-hydrogen) atoms. The van der Waals surface area contributed by atoms with E-state index < -0.39 is 27.7 Å². The van der Waals surface area contributed by atoms with E-state index in [1.54, 1.807) is 5.48 Å². The van der Waals surface area contributed by atoms with Crippen LogP contribution in [-0.2, 0) is 15.0 Å². The lowest BCUT2D eigenvalue weighted by molar-refractivity contribution is -0.118. The molecule has 1 aromatic carbocycles. The van der Waals surface area contributed by atoms with Gasteiger partial charge < -0.3 is 0 Å². The van der Waals surface area contributed by atoms with Crippen molar-refractivity contribution in [2.75, 3.05) is 13.1 Å². The highest BCUT2D eigenvalue weighted by atomic mass is 79.9. The van der Waals surface area contributed by atoms with E-state index in [4.69, 9.17) is 5.14 Å². The van der Waals surface area contributed by atoms with Gasteiger partial charge in [0.25, 0.3) is 10.2 Å². The fourth-order valence-electron chi connectivity index (χ4n) is 2.38. The number of aliphatic imine (C=N–C) groups is 1. The molecule has 0 aromatic heterocycles. The Bertz CT molecular complexity index is 763. The molecular weight excluding hydrogens is 407 g/mol. The number of hydrogen-bond donors (Lipinski definition) is 3. The van der Waals surface area contributed by atoms with Gasteiger partial charge in [-0.1, -0.05) is 0 Å². The molecule has 1 aliphatic heterocycles. The first kappa shape index (κ1) is 18.9. The Balaban J connectivity index is 2.12. The summed E-state index contributed by atoms with van der Waals surface area (Å²) in [6.07, 6.45) is 0.534. The Morgan fingerprint density at radius 2 is 2.04 bits per heavy atom. The van der Waals surface area contributed by atoms with E-state index in [9.17, 15) is 22.8 Å². The van der Waals surface area contributed by atoms with Gasteiger partial charge in [-0.05, 0) is 47.0 Å². The van der Waals surface area contributed by atoms with Crippen LogP contribution < -0.4 is 10.6 Å². The molecule has 1 heterocycles. The number of Topliss-reactive ketones (excluding diaryl/α,β-unsaturated/α-hetero) is 1. The number of carbonyl (C=O) groups is 1. The monoisotopic (exact) mass is 422 g/mol. The summed E-state index contributed by atoms with van der Waals surface area (Å²) < 4.78 is 37.0. The predicted octanol–water partition coefficient (Wildman–Crippen LogP) is 1.08. The van der Waals surface area contributed by atoms with Crippen molar-refractivity contribution in [1.29, 1.82) is 0 Å². The number of hydrogen-bond acceptors (Lipinski definition) is 5. The van der Waals surface area contributed by atoms with E-state index in [-0.39, 0.29) is 41.9 Å². The van der Waals surface area contributed by atoms with Crippen LogP contribution in [0.25, 0.3) is 0 Å². The molecule has 4 N–H and O–H groups in total. The summed E-state index contributed by atoms with van der Waals surface area (Å²) in [5.74, 6) is -1.71. The molecule has 0 atom stereocenters. The molecule has 1 saturated heterocycles. The van der Waals surface area contributed by atoms with Gasteiger partial charge in [0.2, 0.25) is 5.78 Å². The Morgan fingerprint density at radius 3 is 2.54 bits per heavy atom. The van der Waals surface area contributed by atoms with E-state index in [2.05, 4.69) is 20.9 Å². The highest BCUT2D eigenvalue weighted by Gasteiger charge is 2.31. The number of carbonyl (C=O) groups excluding carboxylic acids is 1. The SMILES string of the molecule is NS(=O)(=O)N1CCC(C(=O)C(=Nc2ccc(F)c(Br)c2)NO)CC1.